The number of carbonyl (C=O) groups is 2. The minimum Gasteiger partial charge on any atom is -0.497 e. The van der Waals surface area contributed by atoms with Crippen LogP contribution in [0.4, 0.5) is 0 Å². The number of amides is 2. The van der Waals surface area contributed by atoms with E-state index >= 15 is 0 Å². The molecule has 32 heavy (non-hydrogen) atoms. The fourth-order valence-electron chi connectivity index (χ4n) is 4.15. The van der Waals surface area contributed by atoms with Crippen LogP contribution in [0.2, 0.25) is 5.02 Å². The molecule has 1 fully saturated rings. The van der Waals surface area contributed by atoms with Crippen molar-refractivity contribution in [2.24, 2.45) is 0 Å². The summed E-state index contributed by atoms with van der Waals surface area (Å²) in [4.78, 5) is 32.4. The highest BCUT2D eigenvalue weighted by atomic mass is 35.5. The fraction of sp³-hybridized carbons (Fsp3) is 0.333. The predicted octanol–water partition coefficient (Wildman–Crippen LogP) is 2.24. The highest BCUT2D eigenvalue weighted by molar-refractivity contribution is 6.35. The summed E-state index contributed by atoms with van der Waals surface area (Å²) >= 11 is 6.30. The number of nitrogens with zero attached hydrogens (tertiary/aromatic N) is 3. The van der Waals surface area contributed by atoms with Gasteiger partial charge in [0.2, 0.25) is 0 Å². The Balaban J connectivity index is 1.68. The Labute approximate surface area is 192 Å². The summed E-state index contributed by atoms with van der Waals surface area (Å²) in [5.41, 5.74) is 2.23. The van der Waals surface area contributed by atoms with Gasteiger partial charge in [-0.05, 0) is 29.3 Å². The standard InChI is InChI=1S/C24H26ClN3O4/c1-32-19-8-6-17(7-9-19)21-22(27-12-10-26(11-13-27)14-15-29)24(31)28(23(21)30)16-18-4-2-3-5-20(18)25/h2-9,29H,10-16H2,1H3. The first-order chi connectivity index (χ1) is 15.5. The average molecular weight is 456 g/mol. The number of imide groups is 1. The largest absolute Gasteiger partial charge is 0.497 e. The summed E-state index contributed by atoms with van der Waals surface area (Å²) in [6.07, 6.45) is 0. The highest BCUT2D eigenvalue weighted by Gasteiger charge is 2.42. The molecular formula is C24H26ClN3O4. The van der Waals surface area contributed by atoms with Crippen molar-refractivity contribution in [1.82, 2.24) is 14.7 Å². The van der Waals surface area contributed by atoms with E-state index in [1.807, 2.05) is 23.1 Å². The molecule has 0 aliphatic carbocycles. The molecule has 1 N–H and O–H groups in total. The number of rotatable bonds is 7. The van der Waals surface area contributed by atoms with Crippen LogP contribution in [0.15, 0.2) is 54.2 Å². The van der Waals surface area contributed by atoms with Crippen molar-refractivity contribution in [3.05, 3.63) is 70.4 Å². The highest BCUT2D eigenvalue weighted by Crippen LogP contribution is 2.34. The number of ether oxygens (including phenoxy) is 1. The normalized spacial score (nSPS) is 17.5. The first-order valence-electron chi connectivity index (χ1n) is 10.6. The van der Waals surface area contributed by atoms with Crippen LogP contribution < -0.4 is 4.74 Å². The summed E-state index contributed by atoms with van der Waals surface area (Å²) in [5, 5.41) is 9.73. The Morgan fingerprint density at radius 1 is 0.969 bits per heavy atom. The Morgan fingerprint density at radius 3 is 2.28 bits per heavy atom. The van der Waals surface area contributed by atoms with E-state index in [1.54, 1.807) is 37.4 Å². The predicted molar refractivity (Wildman–Crippen MR) is 122 cm³/mol. The molecule has 0 saturated carbocycles. The van der Waals surface area contributed by atoms with E-state index in [9.17, 15) is 14.7 Å². The van der Waals surface area contributed by atoms with Crippen LogP contribution in [0, 0.1) is 0 Å². The number of hydrogen-bond acceptors (Lipinski definition) is 6. The molecule has 0 unspecified atom stereocenters. The van der Waals surface area contributed by atoms with E-state index in [-0.39, 0.29) is 25.0 Å². The second kappa shape index (κ2) is 9.73. The van der Waals surface area contributed by atoms with Crippen LogP contribution in [-0.2, 0) is 16.1 Å². The lowest BCUT2D eigenvalue weighted by Crippen LogP contribution is -2.48. The monoisotopic (exact) mass is 455 g/mol. The van der Waals surface area contributed by atoms with Crippen LogP contribution >= 0.6 is 11.6 Å². The number of β-amino-alcohol motifs (C(OH)–C–C–N with tert-alkyl or cyclic N) is 1. The van der Waals surface area contributed by atoms with Crippen LogP contribution in [0.3, 0.4) is 0 Å². The van der Waals surface area contributed by atoms with E-state index in [0.717, 1.165) is 5.56 Å². The summed E-state index contributed by atoms with van der Waals surface area (Å²) in [7, 11) is 1.58. The second-order valence-electron chi connectivity index (χ2n) is 7.79. The van der Waals surface area contributed by atoms with Gasteiger partial charge < -0.3 is 14.7 Å². The molecule has 0 spiro atoms. The Morgan fingerprint density at radius 2 is 1.66 bits per heavy atom. The topological polar surface area (TPSA) is 73.3 Å². The number of benzene rings is 2. The molecule has 2 aliphatic rings. The van der Waals surface area contributed by atoms with E-state index in [1.165, 1.54) is 4.90 Å². The first-order valence-corrected chi connectivity index (χ1v) is 11.0. The number of hydrogen-bond donors (Lipinski definition) is 1. The third-order valence-electron chi connectivity index (χ3n) is 5.91. The summed E-state index contributed by atoms with van der Waals surface area (Å²) in [6, 6.07) is 14.4. The Bertz CT molecular complexity index is 1030. The molecule has 0 radical (unpaired) electrons. The zero-order valence-corrected chi connectivity index (χ0v) is 18.7. The van der Waals surface area contributed by atoms with Gasteiger partial charge in [0.15, 0.2) is 0 Å². The smallest absolute Gasteiger partial charge is 0.278 e. The fourth-order valence-corrected chi connectivity index (χ4v) is 4.35. The molecule has 2 amide bonds. The maximum absolute atomic E-state index is 13.5. The molecule has 7 nitrogen and oxygen atoms in total. The molecule has 168 valence electrons. The van der Waals surface area contributed by atoms with Crippen LogP contribution in [0.1, 0.15) is 11.1 Å². The Hall–Kier alpha value is -2.87. The van der Waals surface area contributed by atoms with Gasteiger partial charge >= 0.3 is 0 Å². The van der Waals surface area contributed by atoms with E-state index in [2.05, 4.69) is 4.90 Å². The average Bonchev–Trinajstić information content (AvgIpc) is 3.06. The third kappa shape index (κ3) is 4.37. The van der Waals surface area contributed by atoms with Crippen molar-refractivity contribution in [2.45, 2.75) is 6.54 Å². The minimum absolute atomic E-state index is 0.100. The van der Waals surface area contributed by atoms with Gasteiger partial charge in [-0.15, -0.1) is 0 Å². The van der Waals surface area contributed by atoms with Crippen LogP contribution in [0.25, 0.3) is 5.57 Å². The lowest BCUT2D eigenvalue weighted by molar-refractivity contribution is -0.138. The van der Waals surface area contributed by atoms with Crippen molar-refractivity contribution in [2.75, 3.05) is 46.4 Å². The quantitative estimate of drug-likeness (QED) is 0.645. The molecule has 2 aromatic carbocycles. The maximum Gasteiger partial charge on any atom is 0.278 e. The summed E-state index contributed by atoms with van der Waals surface area (Å²) in [5.74, 6) is 0.0439. The number of methoxy groups -OCH3 is 1. The van der Waals surface area contributed by atoms with Gasteiger partial charge in [-0.3, -0.25) is 19.4 Å². The van der Waals surface area contributed by atoms with E-state index in [4.69, 9.17) is 16.3 Å². The summed E-state index contributed by atoms with van der Waals surface area (Å²) < 4.78 is 5.24. The molecule has 0 atom stereocenters. The minimum atomic E-state index is -0.326. The molecular weight excluding hydrogens is 430 g/mol. The zero-order valence-electron chi connectivity index (χ0n) is 18.0. The lowest BCUT2D eigenvalue weighted by Gasteiger charge is -2.36. The van der Waals surface area contributed by atoms with E-state index < -0.39 is 0 Å². The molecule has 2 aromatic rings. The van der Waals surface area contributed by atoms with Crippen molar-refractivity contribution in [3.63, 3.8) is 0 Å². The molecule has 1 saturated heterocycles. The molecule has 2 aliphatic heterocycles. The van der Waals surface area contributed by atoms with Crippen molar-refractivity contribution >= 4 is 29.0 Å². The van der Waals surface area contributed by atoms with Gasteiger partial charge in [-0.2, -0.15) is 0 Å². The number of aliphatic hydroxyl groups is 1. The third-order valence-corrected chi connectivity index (χ3v) is 6.28. The SMILES string of the molecule is COc1ccc(C2=C(N3CCN(CCO)CC3)C(=O)N(Cc3ccccc3Cl)C2=O)cc1. The number of piperazine rings is 1. The van der Waals surface area contributed by atoms with Crippen molar-refractivity contribution in [3.8, 4) is 5.75 Å². The molecule has 8 heteroatoms. The van der Waals surface area contributed by atoms with E-state index in [0.29, 0.717) is 60.3 Å². The van der Waals surface area contributed by atoms with Crippen molar-refractivity contribution in [1.29, 1.82) is 0 Å². The van der Waals surface area contributed by atoms with Gasteiger partial charge in [0, 0.05) is 37.7 Å². The van der Waals surface area contributed by atoms with Gasteiger partial charge in [-0.1, -0.05) is 41.9 Å². The second-order valence-corrected chi connectivity index (χ2v) is 8.20. The van der Waals surface area contributed by atoms with Crippen molar-refractivity contribution < 1.29 is 19.4 Å². The molecule has 0 bridgehead atoms. The molecule has 2 heterocycles. The number of carbonyl (C=O) groups excluding carboxylic acids is 2. The number of halogens is 1. The first kappa shape index (κ1) is 22.3. The zero-order chi connectivity index (χ0) is 22.7. The van der Waals surface area contributed by atoms with Gasteiger partial charge in [0.05, 0.1) is 25.8 Å². The van der Waals surface area contributed by atoms with Gasteiger partial charge in [0.1, 0.15) is 11.4 Å². The molecule has 4 rings (SSSR count). The lowest BCUT2D eigenvalue weighted by atomic mass is 10.0. The van der Waals surface area contributed by atoms with Crippen LogP contribution in [0.5, 0.6) is 5.75 Å². The molecule has 0 aromatic heterocycles. The Kier molecular flexibility index (Phi) is 6.79. The maximum atomic E-state index is 13.5. The van der Waals surface area contributed by atoms with Crippen LogP contribution in [-0.4, -0.2) is 78.1 Å². The summed E-state index contributed by atoms with van der Waals surface area (Å²) in [6.45, 7) is 3.46. The van der Waals surface area contributed by atoms with Gasteiger partial charge in [0.25, 0.3) is 11.8 Å². The van der Waals surface area contributed by atoms with Gasteiger partial charge in [-0.25, -0.2) is 0 Å². The number of aliphatic hydroxyl groups excluding tert-OH is 1.